The predicted molar refractivity (Wildman–Crippen MR) is 102 cm³/mol. The van der Waals surface area contributed by atoms with Crippen molar-refractivity contribution in [2.24, 2.45) is 5.73 Å². The van der Waals surface area contributed by atoms with Gasteiger partial charge >= 0.3 is 0 Å². The van der Waals surface area contributed by atoms with Gasteiger partial charge in [-0.25, -0.2) is 8.42 Å². The molecule has 8 nitrogen and oxygen atoms in total. The Hall–Kier alpha value is -1.07. The molecule has 0 radical (unpaired) electrons. The van der Waals surface area contributed by atoms with Crippen LogP contribution in [0.3, 0.4) is 0 Å². The van der Waals surface area contributed by atoms with Crippen LogP contribution in [0.1, 0.15) is 31.5 Å². The second-order valence-corrected chi connectivity index (χ2v) is 9.71. The SMILES string of the molecule is Cl.NC1(c2noc(-c3cc(S(=O)(=O)N4CCSCC4)c[nH]3)n2)CCCC1. The molecule has 3 heterocycles. The highest BCUT2D eigenvalue weighted by Gasteiger charge is 2.36. The first-order valence-corrected chi connectivity index (χ1v) is 11.0. The van der Waals surface area contributed by atoms with E-state index in [1.165, 1.54) is 10.5 Å². The number of nitrogens with one attached hydrogen (secondary N) is 1. The average molecular weight is 420 g/mol. The van der Waals surface area contributed by atoms with Crippen molar-refractivity contribution in [1.82, 2.24) is 19.4 Å². The zero-order valence-electron chi connectivity index (χ0n) is 14.2. The van der Waals surface area contributed by atoms with Gasteiger partial charge in [-0.05, 0) is 18.9 Å². The summed E-state index contributed by atoms with van der Waals surface area (Å²) >= 11 is 1.77. The van der Waals surface area contributed by atoms with Crippen molar-refractivity contribution in [3.05, 3.63) is 18.1 Å². The van der Waals surface area contributed by atoms with Crippen LogP contribution < -0.4 is 5.73 Å². The summed E-state index contributed by atoms with van der Waals surface area (Å²) in [6, 6.07) is 1.55. The number of H-pyrrole nitrogens is 1. The van der Waals surface area contributed by atoms with E-state index in [-0.39, 0.29) is 23.2 Å². The van der Waals surface area contributed by atoms with E-state index in [1.807, 2.05) is 0 Å². The molecule has 144 valence electrons. The number of rotatable bonds is 4. The van der Waals surface area contributed by atoms with E-state index in [2.05, 4.69) is 15.1 Å². The van der Waals surface area contributed by atoms with Gasteiger partial charge in [0.1, 0.15) is 10.6 Å². The van der Waals surface area contributed by atoms with Crippen LogP contribution in [0.2, 0.25) is 0 Å². The molecule has 0 unspecified atom stereocenters. The van der Waals surface area contributed by atoms with Crippen LogP contribution in [-0.4, -0.2) is 52.4 Å². The summed E-state index contributed by atoms with van der Waals surface area (Å²) in [7, 11) is -3.50. The summed E-state index contributed by atoms with van der Waals surface area (Å²) in [5.41, 5.74) is 6.30. The van der Waals surface area contributed by atoms with Crippen LogP contribution in [0, 0.1) is 0 Å². The minimum Gasteiger partial charge on any atom is -0.356 e. The third-order valence-electron chi connectivity index (χ3n) is 4.86. The Morgan fingerprint density at radius 2 is 1.96 bits per heavy atom. The number of nitrogens with two attached hydrogens (primary N) is 1. The average Bonchev–Trinajstić information content (AvgIpc) is 3.35. The lowest BCUT2D eigenvalue weighted by Gasteiger charge is -2.24. The molecule has 11 heteroatoms. The first kappa shape index (κ1) is 19.7. The highest BCUT2D eigenvalue weighted by molar-refractivity contribution is 7.99. The van der Waals surface area contributed by atoms with Crippen molar-refractivity contribution in [2.45, 2.75) is 36.1 Å². The van der Waals surface area contributed by atoms with Gasteiger partial charge in [0.15, 0.2) is 5.82 Å². The van der Waals surface area contributed by atoms with Gasteiger partial charge in [0.2, 0.25) is 10.0 Å². The smallest absolute Gasteiger partial charge is 0.274 e. The molecule has 2 aromatic rings. The standard InChI is InChI=1S/C15H21N5O3S2.ClH/c16-15(3-1-2-4-15)14-18-13(23-19-14)12-9-11(10-17-12)25(21,22)20-5-7-24-8-6-20;/h9-10,17H,1-8,16H2;1H. The van der Waals surface area contributed by atoms with Crippen molar-refractivity contribution in [3.8, 4) is 11.6 Å². The van der Waals surface area contributed by atoms with Crippen LogP contribution in [0.5, 0.6) is 0 Å². The maximum Gasteiger partial charge on any atom is 0.274 e. The Kier molecular flexibility index (Phi) is 5.69. The molecular formula is C15H22ClN5O3S2. The Labute approximate surface area is 162 Å². The Bertz CT molecular complexity index is 854. The summed E-state index contributed by atoms with van der Waals surface area (Å²) in [6.07, 6.45) is 5.26. The molecule has 0 amide bonds. The molecule has 1 aliphatic carbocycles. The lowest BCUT2D eigenvalue weighted by atomic mass is 9.99. The van der Waals surface area contributed by atoms with Gasteiger partial charge in [0.25, 0.3) is 5.89 Å². The molecule has 0 bridgehead atoms. The first-order valence-electron chi connectivity index (χ1n) is 8.39. The van der Waals surface area contributed by atoms with Gasteiger partial charge in [-0.3, -0.25) is 0 Å². The molecule has 0 aromatic carbocycles. The monoisotopic (exact) mass is 419 g/mol. The molecule has 0 atom stereocenters. The molecule has 1 aliphatic heterocycles. The van der Waals surface area contributed by atoms with Crippen molar-refractivity contribution >= 4 is 34.2 Å². The number of halogens is 1. The summed E-state index contributed by atoms with van der Waals surface area (Å²) in [5, 5.41) is 4.01. The molecule has 4 rings (SSSR count). The minimum absolute atomic E-state index is 0. The van der Waals surface area contributed by atoms with Gasteiger partial charge in [0, 0.05) is 30.8 Å². The van der Waals surface area contributed by atoms with Crippen molar-refractivity contribution in [1.29, 1.82) is 0 Å². The van der Waals surface area contributed by atoms with Crippen molar-refractivity contribution in [2.75, 3.05) is 24.6 Å². The maximum atomic E-state index is 12.7. The number of hydrogen-bond acceptors (Lipinski definition) is 7. The van der Waals surface area contributed by atoms with Gasteiger partial charge in [-0.2, -0.15) is 21.1 Å². The Balaban J connectivity index is 0.00000196. The predicted octanol–water partition coefficient (Wildman–Crippen LogP) is 1.95. The molecule has 3 N–H and O–H groups in total. The second-order valence-electron chi connectivity index (χ2n) is 6.55. The Morgan fingerprint density at radius 3 is 2.65 bits per heavy atom. The van der Waals surface area contributed by atoms with E-state index < -0.39 is 15.6 Å². The van der Waals surface area contributed by atoms with Crippen LogP contribution in [0.25, 0.3) is 11.6 Å². The highest BCUT2D eigenvalue weighted by atomic mass is 35.5. The molecule has 0 spiro atoms. The van der Waals surface area contributed by atoms with E-state index in [9.17, 15) is 8.42 Å². The van der Waals surface area contributed by atoms with Gasteiger partial charge in [0.05, 0.1) is 5.54 Å². The lowest BCUT2D eigenvalue weighted by molar-refractivity contribution is 0.372. The van der Waals surface area contributed by atoms with Crippen LogP contribution in [-0.2, 0) is 15.6 Å². The molecular weight excluding hydrogens is 398 g/mol. The van der Waals surface area contributed by atoms with Gasteiger partial charge < -0.3 is 15.2 Å². The summed E-state index contributed by atoms with van der Waals surface area (Å²) in [6.45, 7) is 1.07. The van der Waals surface area contributed by atoms with Crippen molar-refractivity contribution < 1.29 is 12.9 Å². The fraction of sp³-hybridized carbons (Fsp3) is 0.600. The van der Waals surface area contributed by atoms with Crippen LogP contribution in [0.15, 0.2) is 21.7 Å². The number of aromatic nitrogens is 3. The molecule has 1 saturated heterocycles. The molecule has 2 aromatic heterocycles. The first-order chi connectivity index (χ1) is 12.0. The van der Waals surface area contributed by atoms with E-state index in [0.717, 1.165) is 37.2 Å². The topological polar surface area (TPSA) is 118 Å². The summed E-state index contributed by atoms with van der Waals surface area (Å²) in [5.74, 6) is 2.40. The van der Waals surface area contributed by atoms with Crippen molar-refractivity contribution in [3.63, 3.8) is 0 Å². The van der Waals surface area contributed by atoms with Crippen LogP contribution >= 0.6 is 24.2 Å². The Morgan fingerprint density at radius 1 is 1.27 bits per heavy atom. The number of thioether (sulfide) groups is 1. The number of nitrogens with zero attached hydrogens (tertiary/aromatic N) is 3. The van der Waals surface area contributed by atoms with Gasteiger partial charge in [-0.15, -0.1) is 12.4 Å². The van der Waals surface area contributed by atoms with E-state index in [4.69, 9.17) is 10.3 Å². The lowest BCUT2D eigenvalue weighted by Crippen LogP contribution is -2.37. The molecule has 2 fully saturated rings. The largest absolute Gasteiger partial charge is 0.356 e. The molecule has 26 heavy (non-hydrogen) atoms. The van der Waals surface area contributed by atoms with E-state index in [0.29, 0.717) is 24.6 Å². The fourth-order valence-electron chi connectivity index (χ4n) is 3.35. The minimum atomic E-state index is -3.50. The number of hydrogen-bond donors (Lipinski definition) is 2. The van der Waals surface area contributed by atoms with Crippen LogP contribution in [0.4, 0.5) is 0 Å². The fourth-order valence-corrected chi connectivity index (χ4v) is 5.92. The number of sulfonamides is 1. The zero-order valence-corrected chi connectivity index (χ0v) is 16.6. The summed E-state index contributed by atoms with van der Waals surface area (Å²) < 4.78 is 32.2. The van der Waals surface area contributed by atoms with E-state index in [1.54, 1.807) is 17.8 Å². The second kappa shape index (κ2) is 7.51. The quantitative estimate of drug-likeness (QED) is 0.777. The maximum absolute atomic E-state index is 12.7. The van der Waals surface area contributed by atoms with E-state index >= 15 is 0 Å². The number of aromatic amines is 1. The normalized spacial score (nSPS) is 20.8. The molecule has 2 aliphatic rings. The summed E-state index contributed by atoms with van der Waals surface area (Å²) in [4.78, 5) is 7.55. The molecule has 1 saturated carbocycles. The third-order valence-corrected chi connectivity index (χ3v) is 7.68. The third kappa shape index (κ3) is 3.53. The highest BCUT2D eigenvalue weighted by Crippen LogP contribution is 2.35. The zero-order chi connectivity index (χ0) is 17.5. The van der Waals surface area contributed by atoms with Gasteiger partial charge in [-0.1, -0.05) is 18.0 Å².